The summed E-state index contributed by atoms with van der Waals surface area (Å²) in [5.74, 6) is -0.354. The number of aliphatic hydroxyl groups is 1. The summed E-state index contributed by atoms with van der Waals surface area (Å²) in [6, 6.07) is 15.7. The van der Waals surface area contributed by atoms with Crippen molar-refractivity contribution in [2.24, 2.45) is 0 Å². The van der Waals surface area contributed by atoms with Crippen LogP contribution in [0.3, 0.4) is 0 Å². The monoisotopic (exact) mass is 281 g/mol. The van der Waals surface area contributed by atoms with E-state index in [2.05, 4.69) is 4.98 Å². The van der Waals surface area contributed by atoms with Crippen LogP contribution in [0, 0.1) is 5.82 Å². The van der Waals surface area contributed by atoms with Crippen LogP contribution >= 0.6 is 0 Å². The number of fused-ring (bicyclic) bond motifs is 1. The molecule has 0 saturated heterocycles. The van der Waals surface area contributed by atoms with Gasteiger partial charge in [0, 0.05) is 17.1 Å². The third-order valence-corrected chi connectivity index (χ3v) is 3.88. The van der Waals surface area contributed by atoms with E-state index in [0.29, 0.717) is 17.5 Å². The van der Waals surface area contributed by atoms with Gasteiger partial charge in [-0.3, -0.25) is 4.98 Å². The third kappa shape index (κ3) is 2.41. The molecular weight excluding hydrogens is 265 g/mol. The van der Waals surface area contributed by atoms with Crippen LogP contribution in [0.1, 0.15) is 24.5 Å². The molecule has 0 fully saturated rings. The normalized spacial score (nSPS) is 14.0. The van der Waals surface area contributed by atoms with Crippen molar-refractivity contribution in [3.8, 4) is 0 Å². The lowest BCUT2D eigenvalue weighted by atomic mass is 9.84. The molecule has 0 aliphatic carbocycles. The van der Waals surface area contributed by atoms with Gasteiger partial charge in [0.2, 0.25) is 0 Å². The maximum atomic E-state index is 13.5. The first-order valence-electron chi connectivity index (χ1n) is 6.97. The molecule has 1 atom stereocenters. The number of hydrogen-bond acceptors (Lipinski definition) is 2. The maximum Gasteiger partial charge on any atom is 0.123 e. The van der Waals surface area contributed by atoms with Gasteiger partial charge in [0.25, 0.3) is 0 Å². The molecule has 0 amide bonds. The summed E-state index contributed by atoms with van der Waals surface area (Å²) >= 11 is 0. The molecule has 106 valence electrons. The minimum absolute atomic E-state index is 0.354. The molecule has 3 aromatic rings. The van der Waals surface area contributed by atoms with Gasteiger partial charge in [0.15, 0.2) is 0 Å². The number of benzene rings is 2. The van der Waals surface area contributed by atoms with E-state index in [9.17, 15) is 9.50 Å². The number of hydrogen-bond donors (Lipinski definition) is 1. The lowest BCUT2D eigenvalue weighted by Crippen LogP contribution is -2.26. The van der Waals surface area contributed by atoms with Crippen LogP contribution in [-0.4, -0.2) is 10.1 Å². The fraction of sp³-hybridized carbons (Fsp3) is 0.167. The highest BCUT2D eigenvalue weighted by atomic mass is 19.1. The Labute approximate surface area is 122 Å². The summed E-state index contributed by atoms with van der Waals surface area (Å²) < 4.78 is 13.5. The molecule has 1 aromatic heterocycles. The van der Waals surface area contributed by atoms with E-state index in [1.54, 1.807) is 18.3 Å². The second kappa shape index (κ2) is 5.26. The van der Waals surface area contributed by atoms with Crippen molar-refractivity contribution in [3.63, 3.8) is 0 Å². The first kappa shape index (κ1) is 13.7. The van der Waals surface area contributed by atoms with E-state index < -0.39 is 5.60 Å². The van der Waals surface area contributed by atoms with Gasteiger partial charge in [0.1, 0.15) is 11.4 Å². The molecule has 1 heterocycles. The zero-order chi connectivity index (χ0) is 14.9. The van der Waals surface area contributed by atoms with Gasteiger partial charge in [-0.05, 0) is 36.2 Å². The molecule has 1 unspecified atom stereocenters. The average molecular weight is 281 g/mol. The zero-order valence-electron chi connectivity index (χ0n) is 11.8. The Morgan fingerprint density at radius 1 is 1.05 bits per heavy atom. The maximum absolute atomic E-state index is 13.5. The lowest BCUT2D eigenvalue weighted by Gasteiger charge is -2.28. The van der Waals surface area contributed by atoms with Crippen molar-refractivity contribution in [3.05, 3.63) is 77.7 Å². The Bertz CT molecular complexity index is 787. The minimum Gasteiger partial charge on any atom is -0.380 e. The van der Waals surface area contributed by atoms with Crippen LogP contribution in [0.4, 0.5) is 4.39 Å². The van der Waals surface area contributed by atoms with Gasteiger partial charge in [0.05, 0.1) is 5.52 Å². The zero-order valence-corrected chi connectivity index (χ0v) is 11.8. The van der Waals surface area contributed by atoms with Gasteiger partial charge in [-0.15, -0.1) is 0 Å². The van der Waals surface area contributed by atoms with Crippen molar-refractivity contribution < 1.29 is 9.50 Å². The molecule has 0 spiro atoms. The average Bonchev–Trinajstić information content (AvgIpc) is 2.53. The Morgan fingerprint density at radius 3 is 2.62 bits per heavy atom. The quantitative estimate of drug-likeness (QED) is 0.786. The first-order valence-corrected chi connectivity index (χ1v) is 6.97. The van der Waals surface area contributed by atoms with E-state index in [0.717, 1.165) is 10.9 Å². The van der Waals surface area contributed by atoms with Crippen LogP contribution < -0.4 is 0 Å². The molecule has 0 aliphatic heterocycles. The number of aromatic nitrogens is 1. The lowest BCUT2D eigenvalue weighted by molar-refractivity contribution is 0.0760. The molecule has 0 bridgehead atoms. The van der Waals surface area contributed by atoms with Crippen molar-refractivity contribution in [1.82, 2.24) is 4.98 Å². The standard InChI is InChI=1S/C18H16FNO/c1-2-18(21,14-7-5-8-16(19)11-14)15-10-13-6-3-4-9-17(13)20-12-15/h3-12,21H,2H2,1H3. The van der Waals surface area contributed by atoms with Crippen LogP contribution in [0.25, 0.3) is 10.9 Å². The second-order valence-corrected chi connectivity index (χ2v) is 5.14. The molecule has 0 aliphatic rings. The molecule has 0 saturated carbocycles. The Kier molecular flexibility index (Phi) is 3.43. The largest absolute Gasteiger partial charge is 0.380 e. The molecule has 2 nitrogen and oxygen atoms in total. The Hall–Kier alpha value is -2.26. The highest BCUT2D eigenvalue weighted by molar-refractivity contribution is 5.79. The van der Waals surface area contributed by atoms with E-state index in [4.69, 9.17) is 0 Å². The fourth-order valence-electron chi connectivity index (χ4n) is 2.62. The number of para-hydroxylation sites is 1. The van der Waals surface area contributed by atoms with Crippen molar-refractivity contribution in [1.29, 1.82) is 0 Å². The summed E-state index contributed by atoms with van der Waals surface area (Å²) in [6.07, 6.45) is 2.10. The number of nitrogens with zero attached hydrogens (tertiary/aromatic N) is 1. The highest BCUT2D eigenvalue weighted by Gasteiger charge is 2.30. The summed E-state index contributed by atoms with van der Waals surface area (Å²) in [5.41, 5.74) is 0.856. The van der Waals surface area contributed by atoms with E-state index in [1.165, 1.54) is 12.1 Å². The number of pyridine rings is 1. The van der Waals surface area contributed by atoms with E-state index >= 15 is 0 Å². The topological polar surface area (TPSA) is 33.1 Å². The van der Waals surface area contributed by atoms with Crippen molar-refractivity contribution in [2.75, 3.05) is 0 Å². The molecule has 1 N–H and O–H groups in total. The van der Waals surface area contributed by atoms with Gasteiger partial charge >= 0.3 is 0 Å². The molecule has 3 rings (SSSR count). The van der Waals surface area contributed by atoms with Crippen LogP contribution in [-0.2, 0) is 5.60 Å². The predicted molar refractivity (Wildman–Crippen MR) is 81.4 cm³/mol. The minimum atomic E-state index is -1.24. The first-order chi connectivity index (χ1) is 10.1. The van der Waals surface area contributed by atoms with Gasteiger partial charge < -0.3 is 5.11 Å². The summed E-state index contributed by atoms with van der Waals surface area (Å²) in [5, 5.41) is 12.0. The molecule has 21 heavy (non-hydrogen) atoms. The number of halogens is 1. The van der Waals surface area contributed by atoms with Gasteiger partial charge in [-0.2, -0.15) is 0 Å². The second-order valence-electron chi connectivity index (χ2n) is 5.14. The molecule has 0 radical (unpaired) electrons. The predicted octanol–water partition coefficient (Wildman–Crippen LogP) is 4.02. The van der Waals surface area contributed by atoms with E-state index in [1.807, 2.05) is 37.3 Å². The van der Waals surface area contributed by atoms with E-state index in [-0.39, 0.29) is 5.82 Å². The smallest absolute Gasteiger partial charge is 0.123 e. The van der Waals surface area contributed by atoms with Gasteiger partial charge in [-0.25, -0.2) is 4.39 Å². The SMILES string of the molecule is CCC(O)(c1cccc(F)c1)c1cnc2ccccc2c1. The molecular formula is C18H16FNO. The Balaban J connectivity index is 2.16. The van der Waals surface area contributed by atoms with Crippen LogP contribution in [0.15, 0.2) is 60.8 Å². The summed E-state index contributed by atoms with van der Waals surface area (Å²) in [4.78, 5) is 4.39. The van der Waals surface area contributed by atoms with Crippen LogP contribution in [0.5, 0.6) is 0 Å². The number of rotatable bonds is 3. The van der Waals surface area contributed by atoms with Crippen LogP contribution in [0.2, 0.25) is 0 Å². The van der Waals surface area contributed by atoms with Crippen molar-refractivity contribution in [2.45, 2.75) is 18.9 Å². The third-order valence-electron chi connectivity index (χ3n) is 3.88. The fourth-order valence-corrected chi connectivity index (χ4v) is 2.62. The Morgan fingerprint density at radius 2 is 1.86 bits per heavy atom. The van der Waals surface area contributed by atoms with Crippen molar-refractivity contribution >= 4 is 10.9 Å². The van der Waals surface area contributed by atoms with Gasteiger partial charge in [-0.1, -0.05) is 37.3 Å². The molecule has 2 aromatic carbocycles. The summed E-state index contributed by atoms with van der Waals surface area (Å²) in [7, 11) is 0. The summed E-state index contributed by atoms with van der Waals surface area (Å²) in [6.45, 7) is 1.88. The molecule has 3 heteroatoms. The highest BCUT2D eigenvalue weighted by Crippen LogP contribution is 2.33.